The van der Waals surface area contributed by atoms with Crippen molar-refractivity contribution < 1.29 is 14.3 Å². The zero-order valence-corrected chi connectivity index (χ0v) is 14.6. The molecule has 1 aromatic heterocycles. The van der Waals surface area contributed by atoms with Gasteiger partial charge in [-0.05, 0) is 6.07 Å². The fourth-order valence-electron chi connectivity index (χ4n) is 2.31. The van der Waals surface area contributed by atoms with Gasteiger partial charge in [0.1, 0.15) is 11.1 Å². The molecule has 0 fully saturated rings. The fraction of sp³-hybridized carbons (Fsp3) is 0.143. The number of carbonyl (C=O) groups excluding carboxylic acids is 2. The van der Waals surface area contributed by atoms with E-state index in [2.05, 4.69) is 32.4 Å². The summed E-state index contributed by atoms with van der Waals surface area (Å²) in [7, 11) is 1.31. The zero-order chi connectivity index (χ0) is 15.7. The standard InChI is InChI=1S/C14H11BIN2O3S/c1-21-14(20)10-7-22-13(17-10)12(19)9-6-18(15-16)11-5-3-2-4-8(9)11/h2-7,13,17H,1H3. The van der Waals surface area contributed by atoms with Crippen molar-refractivity contribution in [3.05, 3.63) is 47.1 Å². The van der Waals surface area contributed by atoms with Gasteiger partial charge in [0.2, 0.25) is 0 Å². The van der Waals surface area contributed by atoms with Crippen molar-refractivity contribution in [1.29, 1.82) is 0 Å². The highest BCUT2D eigenvalue weighted by Crippen LogP contribution is 2.28. The van der Waals surface area contributed by atoms with Crippen LogP contribution in [-0.4, -0.2) is 34.0 Å². The predicted octanol–water partition coefficient (Wildman–Crippen LogP) is 2.32. The topological polar surface area (TPSA) is 60.3 Å². The maximum Gasteiger partial charge on any atom is 0.354 e. The SMILES string of the molecule is COC(=O)C1=CSC(C(=O)c2cn([B]I)c3ccccc23)N1. The van der Waals surface area contributed by atoms with E-state index in [-0.39, 0.29) is 5.78 Å². The van der Waals surface area contributed by atoms with Gasteiger partial charge in [-0.2, -0.15) is 0 Å². The molecule has 0 amide bonds. The number of rotatable bonds is 4. The highest BCUT2D eigenvalue weighted by atomic mass is 127. The lowest BCUT2D eigenvalue weighted by molar-refractivity contribution is -0.136. The number of nitrogens with zero attached hydrogens (tertiary/aromatic N) is 1. The van der Waals surface area contributed by atoms with Gasteiger partial charge in [-0.1, -0.05) is 30.0 Å². The quantitative estimate of drug-likeness (QED) is 0.353. The molecular weight excluding hydrogens is 414 g/mol. The normalized spacial score (nSPS) is 17.0. The van der Waals surface area contributed by atoms with Crippen molar-refractivity contribution in [3.63, 3.8) is 0 Å². The average Bonchev–Trinajstić information content (AvgIpc) is 3.18. The van der Waals surface area contributed by atoms with Crippen LogP contribution in [0.25, 0.3) is 10.9 Å². The van der Waals surface area contributed by atoms with E-state index in [1.807, 2.05) is 40.2 Å². The molecular formula is C14H11BIN2O3S. The van der Waals surface area contributed by atoms with E-state index in [1.54, 1.807) is 5.41 Å². The number of ketones is 1. The second kappa shape index (κ2) is 6.37. The lowest BCUT2D eigenvalue weighted by atomic mass is 10.1. The summed E-state index contributed by atoms with van der Waals surface area (Å²) >= 11 is 3.42. The van der Waals surface area contributed by atoms with Crippen LogP contribution in [-0.2, 0) is 9.53 Å². The number of methoxy groups -OCH3 is 1. The number of nitrogens with one attached hydrogen (secondary N) is 1. The minimum absolute atomic E-state index is 0.0617. The Hall–Kier alpha value is -1.42. The Balaban J connectivity index is 1.90. The number of hydrogen-bond donors (Lipinski definition) is 1. The van der Waals surface area contributed by atoms with Crippen LogP contribution in [0.3, 0.4) is 0 Å². The first-order chi connectivity index (χ1) is 10.7. The molecule has 0 aliphatic carbocycles. The number of thioether (sulfide) groups is 1. The number of aromatic nitrogens is 1. The fourth-order valence-corrected chi connectivity index (χ4v) is 3.66. The molecule has 1 aliphatic rings. The monoisotopic (exact) mass is 425 g/mol. The third-order valence-electron chi connectivity index (χ3n) is 3.36. The van der Waals surface area contributed by atoms with Crippen molar-refractivity contribution >= 4 is 62.1 Å². The maximum absolute atomic E-state index is 12.7. The first kappa shape index (κ1) is 15.5. The molecule has 1 radical (unpaired) electrons. The van der Waals surface area contributed by atoms with E-state index < -0.39 is 11.3 Å². The Bertz CT molecular complexity index is 789. The molecule has 0 spiro atoms. The molecule has 0 bridgehead atoms. The summed E-state index contributed by atoms with van der Waals surface area (Å²) < 4.78 is 6.57. The molecule has 1 aromatic carbocycles. The van der Waals surface area contributed by atoms with Crippen LogP contribution in [0.4, 0.5) is 0 Å². The molecule has 1 aliphatic heterocycles. The number of para-hydroxylation sites is 1. The number of hydrogen-bond acceptors (Lipinski definition) is 5. The summed E-state index contributed by atoms with van der Waals surface area (Å²) in [5, 5.41) is 6.80. The molecule has 1 N–H and O–H groups in total. The van der Waals surface area contributed by atoms with Gasteiger partial charge in [0.25, 0.3) is 0 Å². The number of fused-ring (bicyclic) bond motifs is 1. The van der Waals surface area contributed by atoms with Gasteiger partial charge >= 0.3 is 11.2 Å². The molecule has 22 heavy (non-hydrogen) atoms. The number of ether oxygens (including phenoxy) is 1. The second-order valence-corrected chi connectivity index (χ2v) is 6.15. The molecule has 1 atom stereocenters. The van der Waals surface area contributed by atoms with Crippen LogP contribution < -0.4 is 5.32 Å². The Kier molecular flexibility index (Phi) is 4.48. The Morgan fingerprint density at radius 3 is 2.91 bits per heavy atom. The molecule has 2 heterocycles. The van der Waals surface area contributed by atoms with E-state index in [4.69, 9.17) is 0 Å². The van der Waals surface area contributed by atoms with Gasteiger partial charge in [0.15, 0.2) is 5.78 Å². The predicted molar refractivity (Wildman–Crippen MR) is 96.1 cm³/mol. The number of carbonyl (C=O) groups is 2. The highest BCUT2D eigenvalue weighted by molar-refractivity contribution is 14.1. The lowest BCUT2D eigenvalue weighted by Crippen LogP contribution is -2.32. The Morgan fingerprint density at radius 2 is 2.18 bits per heavy atom. The van der Waals surface area contributed by atoms with Crippen molar-refractivity contribution in [1.82, 2.24) is 9.79 Å². The first-order valence-electron chi connectivity index (χ1n) is 6.43. The highest BCUT2D eigenvalue weighted by Gasteiger charge is 2.30. The summed E-state index contributed by atoms with van der Waals surface area (Å²) in [4.78, 5) is 24.2. The van der Waals surface area contributed by atoms with E-state index >= 15 is 0 Å². The average molecular weight is 425 g/mol. The Morgan fingerprint density at radius 1 is 1.41 bits per heavy atom. The molecule has 0 saturated carbocycles. The number of benzene rings is 1. The van der Waals surface area contributed by atoms with Crippen LogP contribution in [0.2, 0.25) is 0 Å². The van der Waals surface area contributed by atoms with Gasteiger partial charge in [0.05, 0.1) is 7.11 Å². The van der Waals surface area contributed by atoms with Crippen LogP contribution in [0.5, 0.6) is 0 Å². The van der Waals surface area contributed by atoms with Crippen LogP contribution >= 0.6 is 34.1 Å². The van der Waals surface area contributed by atoms with Crippen LogP contribution in [0, 0.1) is 0 Å². The van der Waals surface area contributed by atoms with Crippen LogP contribution in [0.1, 0.15) is 10.4 Å². The minimum atomic E-state index is -0.512. The number of esters is 1. The van der Waals surface area contributed by atoms with Crippen molar-refractivity contribution in [2.24, 2.45) is 0 Å². The summed E-state index contributed by atoms with van der Waals surface area (Å²) in [6.45, 7) is 0. The smallest absolute Gasteiger partial charge is 0.354 e. The summed E-state index contributed by atoms with van der Waals surface area (Å²) in [6, 6.07) is 7.73. The number of halogens is 1. The van der Waals surface area contributed by atoms with Gasteiger partial charge in [-0.25, -0.2) is 4.79 Å². The molecule has 3 rings (SSSR count). The van der Waals surface area contributed by atoms with E-state index in [0.29, 0.717) is 11.3 Å². The minimum Gasteiger partial charge on any atom is -0.464 e. The first-order valence-corrected chi connectivity index (χ1v) is 8.62. The van der Waals surface area contributed by atoms with Crippen molar-refractivity contribution in [3.8, 4) is 0 Å². The summed E-state index contributed by atoms with van der Waals surface area (Å²) in [5.74, 6) is -0.529. The second-order valence-electron chi connectivity index (χ2n) is 4.61. The molecule has 8 heteroatoms. The molecule has 111 valence electrons. The van der Waals surface area contributed by atoms with Gasteiger partial charge in [0, 0.05) is 28.1 Å². The van der Waals surface area contributed by atoms with E-state index in [1.165, 1.54) is 18.9 Å². The molecule has 2 aromatic rings. The van der Waals surface area contributed by atoms with Crippen LogP contribution in [0.15, 0.2) is 41.6 Å². The molecule has 1 unspecified atom stereocenters. The van der Waals surface area contributed by atoms with Crippen molar-refractivity contribution in [2.45, 2.75) is 5.37 Å². The molecule has 0 saturated heterocycles. The third kappa shape index (κ3) is 2.65. The Labute approximate surface area is 145 Å². The third-order valence-corrected chi connectivity index (χ3v) is 4.94. The summed E-state index contributed by atoms with van der Waals surface area (Å²) in [6.07, 6.45) is 1.82. The van der Waals surface area contributed by atoms with Gasteiger partial charge in [-0.15, -0.1) is 22.4 Å². The van der Waals surface area contributed by atoms with Gasteiger partial charge < -0.3 is 14.5 Å². The lowest BCUT2D eigenvalue weighted by Gasteiger charge is -2.10. The van der Waals surface area contributed by atoms with Crippen molar-refractivity contribution in [2.75, 3.05) is 7.11 Å². The molecule has 5 nitrogen and oxygen atoms in total. The largest absolute Gasteiger partial charge is 0.464 e. The van der Waals surface area contributed by atoms with E-state index in [0.717, 1.165) is 10.9 Å². The van der Waals surface area contributed by atoms with Gasteiger partial charge in [-0.3, -0.25) is 4.79 Å². The van der Waals surface area contributed by atoms with E-state index in [9.17, 15) is 9.59 Å². The summed E-state index contributed by atoms with van der Waals surface area (Å²) in [5.41, 5.74) is 1.92. The number of Topliss-reactive ketones (excluding diaryl/α,β-unsaturated/α-hetero) is 1. The maximum atomic E-state index is 12.7. The zero-order valence-electron chi connectivity index (χ0n) is 11.6.